The number of phenols is 2. The minimum absolute atomic E-state index is 0.0154. The minimum Gasteiger partial charge on any atom is -0.508 e. The Morgan fingerprint density at radius 2 is 1.24 bits per heavy atom. The van der Waals surface area contributed by atoms with Gasteiger partial charge in [-0.3, -0.25) is 24.0 Å². The van der Waals surface area contributed by atoms with Gasteiger partial charge >= 0.3 is 5.97 Å². The number of nitrogens with one attached hydrogen (secondary N) is 4. The van der Waals surface area contributed by atoms with Crippen molar-refractivity contribution >= 4 is 29.6 Å². The normalized spacial score (nSPS) is 12.7. The number of amides is 4. The molecule has 14 nitrogen and oxygen atoms in total. The van der Waals surface area contributed by atoms with Gasteiger partial charge in [-0.1, -0.05) is 37.1 Å². The fourth-order valence-corrected chi connectivity index (χ4v) is 4.52. The first-order valence-corrected chi connectivity index (χ1v) is 15.4. The highest BCUT2D eigenvalue weighted by atomic mass is 16.4. The molecule has 2 rings (SSSR count). The maximum Gasteiger partial charge on any atom is 0.303 e. The van der Waals surface area contributed by atoms with Gasteiger partial charge in [0, 0.05) is 25.8 Å². The number of carboxylic acids is 1. The zero-order chi connectivity index (χ0) is 33.9. The molecule has 0 aromatic heterocycles. The van der Waals surface area contributed by atoms with E-state index in [9.17, 15) is 34.2 Å². The highest BCUT2D eigenvalue weighted by Crippen LogP contribution is 2.14. The van der Waals surface area contributed by atoms with Gasteiger partial charge in [-0.2, -0.15) is 0 Å². The maximum atomic E-state index is 13.6. The van der Waals surface area contributed by atoms with Gasteiger partial charge in [-0.05, 0) is 67.6 Å². The van der Waals surface area contributed by atoms with Crippen molar-refractivity contribution in [3.63, 3.8) is 0 Å². The number of benzene rings is 2. The lowest BCUT2D eigenvalue weighted by molar-refractivity contribution is -0.137. The van der Waals surface area contributed by atoms with Crippen LogP contribution in [0.5, 0.6) is 11.5 Å². The van der Waals surface area contributed by atoms with Gasteiger partial charge in [-0.25, -0.2) is 0 Å². The summed E-state index contributed by atoms with van der Waals surface area (Å²) in [6.45, 7) is 0.317. The molecule has 14 heteroatoms. The van der Waals surface area contributed by atoms with E-state index >= 15 is 0 Å². The molecule has 2 aromatic carbocycles. The lowest BCUT2D eigenvalue weighted by atomic mass is 10.0. The van der Waals surface area contributed by atoms with E-state index in [0.29, 0.717) is 56.2 Å². The van der Waals surface area contributed by atoms with Crippen LogP contribution in [0, 0.1) is 0 Å². The molecule has 4 amide bonds. The summed E-state index contributed by atoms with van der Waals surface area (Å²) in [6.07, 6.45) is 3.52. The van der Waals surface area contributed by atoms with Crippen molar-refractivity contribution < 1.29 is 39.3 Å². The molecular formula is C32H46N6O8. The van der Waals surface area contributed by atoms with Gasteiger partial charge in [0.15, 0.2) is 0 Å². The highest BCUT2D eigenvalue weighted by molar-refractivity contribution is 5.93. The number of rotatable bonds is 21. The van der Waals surface area contributed by atoms with Crippen LogP contribution in [-0.2, 0) is 36.8 Å². The van der Waals surface area contributed by atoms with Crippen LogP contribution in [-0.4, -0.2) is 82.7 Å². The van der Waals surface area contributed by atoms with E-state index in [-0.39, 0.29) is 37.3 Å². The predicted octanol–water partition coefficient (Wildman–Crippen LogP) is 0.186. The summed E-state index contributed by atoms with van der Waals surface area (Å²) >= 11 is 0. The first-order valence-electron chi connectivity index (χ1n) is 15.4. The number of hydrogen-bond acceptors (Lipinski definition) is 9. The molecule has 0 aliphatic rings. The molecule has 252 valence electrons. The van der Waals surface area contributed by atoms with Crippen LogP contribution >= 0.6 is 0 Å². The summed E-state index contributed by atoms with van der Waals surface area (Å²) < 4.78 is 0. The van der Waals surface area contributed by atoms with Crippen LogP contribution in [0.4, 0.5) is 0 Å². The number of hydrogen-bond donors (Lipinski definition) is 9. The quantitative estimate of drug-likeness (QED) is 0.0836. The lowest BCUT2D eigenvalue weighted by Crippen LogP contribution is -2.56. The number of nitrogens with two attached hydrogens (primary N) is 2. The molecule has 0 unspecified atom stereocenters. The third kappa shape index (κ3) is 14.9. The van der Waals surface area contributed by atoms with Crippen molar-refractivity contribution in [3.8, 4) is 11.5 Å². The van der Waals surface area contributed by atoms with E-state index in [0.717, 1.165) is 0 Å². The molecule has 3 atom stereocenters. The van der Waals surface area contributed by atoms with Crippen LogP contribution in [0.25, 0.3) is 0 Å². The van der Waals surface area contributed by atoms with Gasteiger partial charge < -0.3 is 48.1 Å². The molecule has 0 aliphatic carbocycles. The van der Waals surface area contributed by atoms with Crippen LogP contribution in [0.1, 0.15) is 56.1 Å². The topological polar surface area (TPSA) is 246 Å². The zero-order valence-corrected chi connectivity index (χ0v) is 25.9. The molecule has 0 radical (unpaired) electrons. The number of carbonyl (C=O) groups is 5. The number of unbranched alkanes of at least 4 members (excludes halogenated alkanes) is 3. The number of phenolic OH excluding ortho intramolecular Hbond substituents is 2. The Morgan fingerprint density at radius 3 is 1.78 bits per heavy atom. The second-order valence-electron chi connectivity index (χ2n) is 11.0. The molecule has 0 spiro atoms. The molecule has 0 fully saturated rings. The van der Waals surface area contributed by atoms with Crippen LogP contribution in [0.2, 0.25) is 0 Å². The maximum absolute atomic E-state index is 13.6. The summed E-state index contributed by atoms with van der Waals surface area (Å²) in [7, 11) is 0. The molecule has 2 aromatic rings. The smallest absolute Gasteiger partial charge is 0.303 e. The summed E-state index contributed by atoms with van der Waals surface area (Å²) in [5, 5.41) is 38.7. The highest BCUT2D eigenvalue weighted by Gasteiger charge is 2.28. The first-order chi connectivity index (χ1) is 22.0. The van der Waals surface area contributed by atoms with E-state index in [1.54, 1.807) is 24.3 Å². The van der Waals surface area contributed by atoms with Crippen LogP contribution in [0.3, 0.4) is 0 Å². The van der Waals surface area contributed by atoms with Crippen LogP contribution < -0.4 is 32.7 Å². The molecule has 0 aliphatic heterocycles. The van der Waals surface area contributed by atoms with E-state index in [4.69, 9.17) is 16.6 Å². The van der Waals surface area contributed by atoms with Crippen LogP contribution in [0.15, 0.2) is 48.5 Å². The van der Waals surface area contributed by atoms with Gasteiger partial charge in [0.05, 0.1) is 12.6 Å². The fourth-order valence-electron chi connectivity index (χ4n) is 4.52. The van der Waals surface area contributed by atoms with E-state index in [1.807, 2.05) is 0 Å². The minimum atomic E-state index is -1.15. The Morgan fingerprint density at radius 1 is 0.674 bits per heavy atom. The van der Waals surface area contributed by atoms with E-state index in [2.05, 4.69) is 21.3 Å². The largest absolute Gasteiger partial charge is 0.508 e. The summed E-state index contributed by atoms with van der Waals surface area (Å²) in [5.74, 6) is -3.14. The number of carbonyl (C=O) groups excluding carboxylic acids is 4. The predicted molar refractivity (Wildman–Crippen MR) is 170 cm³/mol. The Kier molecular flexibility index (Phi) is 16.6. The third-order valence-electron chi connectivity index (χ3n) is 7.13. The molecular weight excluding hydrogens is 596 g/mol. The molecule has 0 heterocycles. The third-order valence-corrected chi connectivity index (χ3v) is 7.13. The Labute approximate surface area is 268 Å². The molecule has 0 saturated heterocycles. The van der Waals surface area contributed by atoms with Crippen molar-refractivity contribution in [3.05, 3.63) is 59.7 Å². The fraction of sp³-hybridized carbons (Fsp3) is 0.469. The zero-order valence-electron chi connectivity index (χ0n) is 25.9. The second kappa shape index (κ2) is 20.4. The molecule has 11 N–H and O–H groups in total. The molecule has 0 bridgehead atoms. The molecule has 46 heavy (non-hydrogen) atoms. The van der Waals surface area contributed by atoms with Crippen molar-refractivity contribution in [2.24, 2.45) is 11.5 Å². The SMILES string of the molecule is NCCCC[C@H](N)C(=O)NCC(=O)N[C@@H](Cc1ccc(O)cc1)C(=O)N[C@@H](Cc1ccc(O)cc1)C(=O)NCCCCCC(=O)O. The average molecular weight is 643 g/mol. The van der Waals surface area contributed by atoms with Gasteiger partial charge in [-0.15, -0.1) is 0 Å². The number of carboxylic acid groups (broad SMARTS) is 1. The van der Waals surface area contributed by atoms with Crippen molar-refractivity contribution in [2.45, 2.75) is 75.9 Å². The standard InChI is InChI=1S/C32H46N6O8/c33-16-4-3-6-25(34)30(44)36-20-28(41)37-27(19-22-10-14-24(40)15-11-22)32(46)38-26(18-21-8-12-23(39)13-9-21)31(45)35-17-5-1-2-7-29(42)43/h8-15,25-27,39-40H,1-7,16-20,33-34H2,(H,35,45)(H,36,44)(H,37,41)(H,38,46)(H,42,43)/t25-,26-,27-/m0/s1. The Hall–Kier alpha value is -4.69. The van der Waals surface area contributed by atoms with E-state index in [1.165, 1.54) is 24.3 Å². The summed E-state index contributed by atoms with van der Waals surface area (Å²) in [5.41, 5.74) is 12.6. The molecule has 0 saturated carbocycles. The van der Waals surface area contributed by atoms with E-state index < -0.39 is 54.3 Å². The summed E-state index contributed by atoms with van der Waals surface area (Å²) in [4.78, 5) is 62.8. The van der Waals surface area contributed by atoms with Crippen molar-refractivity contribution in [2.75, 3.05) is 19.6 Å². The monoisotopic (exact) mass is 642 g/mol. The second-order valence-corrected chi connectivity index (χ2v) is 11.0. The van der Waals surface area contributed by atoms with Crippen molar-refractivity contribution in [1.29, 1.82) is 0 Å². The first kappa shape index (κ1) is 37.5. The Balaban J connectivity index is 2.13. The number of aromatic hydroxyl groups is 2. The summed E-state index contributed by atoms with van der Waals surface area (Å²) in [6, 6.07) is 9.20. The Bertz CT molecular complexity index is 1270. The van der Waals surface area contributed by atoms with Gasteiger partial charge in [0.2, 0.25) is 23.6 Å². The number of aliphatic carboxylic acids is 1. The lowest BCUT2D eigenvalue weighted by Gasteiger charge is -2.24. The van der Waals surface area contributed by atoms with Crippen molar-refractivity contribution in [1.82, 2.24) is 21.3 Å². The van der Waals surface area contributed by atoms with Gasteiger partial charge in [0.1, 0.15) is 23.6 Å². The average Bonchev–Trinajstić information content (AvgIpc) is 3.02. The van der Waals surface area contributed by atoms with Gasteiger partial charge in [0.25, 0.3) is 0 Å².